The highest BCUT2D eigenvalue weighted by Crippen LogP contribution is 2.18. The van der Waals surface area contributed by atoms with E-state index in [2.05, 4.69) is 5.32 Å². The van der Waals surface area contributed by atoms with Gasteiger partial charge in [0.05, 0.1) is 15.3 Å². The maximum atomic E-state index is 12.1. The molecule has 0 fully saturated rings. The number of thiophene rings is 2. The quantitative estimate of drug-likeness (QED) is 0.463. The maximum absolute atomic E-state index is 12.1. The molecule has 0 saturated heterocycles. The number of hydrogen-bond acceptors (Lipinski definition) is 6. The molecule has 3 rings (SSSR count). The van der Waals surface area contributed by atoms with Crippen molar-refractivity contribution in [2.75, 3.05) is 11.9 Å². The molecule has 7 heteroatoms. The zero-order chi connectivity index (χ0) is 19.2. The molecule has 138 valence electrons. The minimum absolute atomic E-state index is 0.201. The van der Waals surface area contributed by atoms with Crippen LogP contribution < -0.4 is 5.32 Å². The van der Waals surface area contributed by atoms with Crippen LogP contribution in [-0.4, -0.2) is 24.3 Å². The molecule has 0 radical (unpaired) electrons. The van der Waals surface area contributed by atoms with Crippen LogP contribution in [0.25, 0.3) is 0 Å². The van der Waals surface area contributed by atoms with Gasteiger partial charge in [0, 0.05) is 10.6 Å². The Morgan fingerprint density at radius 3 is 2.41 bits per heavy atom. The highest BCUT2D eigenvalue weighted by molar-refractivity contribution is 7.14. The lowest BCUT2D eigenvalue weighted by molar-refractivity contribution is 0.0476. The second kappa shape index (κ2) is 8.75. The van der Waals surface area contributed by atoms with Crippen LogP contribution in [0.2, 0.25) is 0 Å². The van der Waals surface area contributed by atoms with Crippen molar-refractivity contribution in [1.82, 2.24) is 0 Å². The molecule has 0 unspecified atom stereocenters. The van der Waals surface area contributed by atoms with E-state index in [9.17, 15) is 14.4 Å². The second-order valence-corrected chi connectivity index (χ2v) is 7.74. The summed E-state index contributed by atoms with van der Waals surface area (Å²) in [4.78, 5) is 38.5. The molecule has 3 aromatic rings. The third-order valence-electron chi connectivity index (χ3n) is 3.74. The smallest absolute Gasteiger partial charge is 0.338 e. The fourth-order valence-corrected chi connectivity index (χ4v) is 3.78. The Balaban J connectivity index is 1.54. The zero-order valence-electron chi connectivity index (χ0n) is 14.6. The second-order valence-electron chi connectivity index (χ2n) is 5.63. The minimum atomic E-state index is -0.577. The standard InChI is InChI=1S/C20H17NO4S2/c1-2-15-9-10-17(27-15)16(22)12-25-20(24)13-5-7-14(8-6-13)21-19(23)18-4-3-11-26-18/h3-11H,2,12H2,1H3,(H,21,23). The van der Waals surface area contributed by atoms with Gasteiger partial charge in [-0.3, -0.25) is 9.59 Å². The van der Waals surface area contributed by atoms with Crippen LogP contribution in [0.3, 0.4) is 0 Å². The molecule has 1 amide bonds. The van der Waals surface area contributed by atoms with Crippen LogP contribution in [0.15, 0.2) is 53.9 Å². The Hall–Kier alpha value is -2.77. The van der Waals surface area contributed by atoms with Crippen molar-refractivity contribution in [3.63, 3.8) is 0 Å². The highest BCUT2D eigenvalue weighted by Gasteiger charge is 2.14. The van der Waals surface area contributed by atoms with Crippen LogP contribution in [0.1, 0.15) is 41.5 Å². The fraction of sp³-hybridized carbons (Fsp3) is 0.150. The Bertz CT molecular complexity index is 943. The Kier molecular flexibility index (Phi) is 6.16. The number of amides is 1. The molecule has 2 heterocycles. The lowest BCUT2D eigenvalue weighted by Crippen LogP contribution is -2.14. The van der Waals surface area contributed by atoms with Gasteiger partial charge in [-0.15, -0.1) is 22.7 Å². The summed E-state index contributed by atoms with van der Waals surface area (Å²) in [5.74, 6) is -0.993. The van der Waals surface area contributed by atoms with E-state index in [0.717, 1.165) is 11.3 Å². The summed E-state index contributed by atoms with van der Waals surface area (Å²) in [6.45, 7) is 1.73. The number of ether oxygens (including phenoxy) is 1. The van der Waals surface area contributed by atoms with E-state index in [0.29, 0.717) is 21.0 Å². The van der Waals surface area contributed by atoms with E-state index < -0.39 is 5.97 Å². The third-order valence-corrected chi connectivity index (χ3v) is 5.88. The van der Waals surface area contributed by atoms with Crippen LogP contribution in [0.5, 0.6) is 0 Å². The van der Waals surface area contributed by atoms with E-state index >= 15 is 0 Å². The largest absolute Gasteiger partial charge is 0.454 e. The molecule has 0 bridgehead atoms. The lowest BCUT2D eigenvalue weighted by atomic mass is 10.2. The van der Waals surface area contributed by atoms with Crippen LogP contribution >= 0.6 is 22.7 Å². The number of esters is 1. The number of rotatable bonds is 7. The molecular weight excluding hydrogens is 382 g/mol. The van der Waals surface area contributed by atoms with Crippen molar-refractivity contribution < 1.29 is 19.1 Å². The van der Waals surface area contributed by atoms with E-state index in [1.807, 2.05) is 18.4 Å². The van der Waals surface area contributed by atoms with Gasteiger partial charge in [0.15, 0.2) is 6.61 Å². The number of carbonyl (C=O) groups excluding carboxylic acids is 3. The summed E-state index contributed by atoms with van der Waals surface area (Å²) in [5.41, 5.74) is 0.893. The zero-order valence-corrected chi connectivity index (χ0v) is 16.2. The third kappa shape index (κ3) is 4.90. The van der Waals surface area contributed by atoms with Gasteiger partial charge in [0.1, 0.15) is 0 Å². The number of Topliss-reactive ketones (excluding diaryl/α,β-unsaturated/α-hetero) is 1. The first kappa shape index (κ1) is 19.0. The number of anilines is 1. The Labute approximate surface area is 164 Å². The fourth-order valence-electron chi connectivity index (χ4n) is 2.29. The first-order valence-corrected chi connectivity index (χ1v) is 10.0. The molecule has 0 aliphatic rings. The monoisotopic (exact) mass is 399 g/mol. The number of benzene rings is 1. The number of aryl methyl sites for hydroxylation is 1. The van der Waals surface area contributed by atoms with Crippen molar-refractivity contribution in [3.8, 4) is 0 Å². The Morgan fingerprint density at radius 2 is 1.78 bits per heavy atom. The summed E-state index contributed by atoms with van der Waals surface area (Å²) in [5, 5.41) is 4.58. The molecule has 1 N–H and O–H groups in total. The topological polar surface area (TPSA) is 72.5 Å². The van der Waals surface area contributed by atoms with Gasteiger partial charge in [-0.25, -0.2) is 4.79 Å². The number of ketones is 1. The average Bonchev–Trinajstić information content (AvgIpc) is 3.38. The molecule has 5 nitrogen and oxygen atoms in total. The molecule has 0 spiro atoms. The van der Waals surface area contributed by atoms with Crippen molar-refractivity contribution in [2.24, 2.45) is 0 Å². The van der Waals surface area contributed by atoms with E-state index in [1.54, 1.807) is 42.5 Å². The molecule has 27 heavy (non-hydrogen) atoms. The normalized spacial score (nSPS) is 10.4. The molecular formula is C20H17NO4S2. The summed E-state index contributed by atoms with van der Waals surface area (Å²) in [6.07, 6.45) is 0.868. The van der Waals surface area contributed by atoms with E-state index in [1.165, 1.54) is 22.7 Å². The number of hydrogen-bond donors (Lipinski definition) is 1. The minimum Gasteiger partial charge on any atom is -0.454 e. The van der Waals surface area contributed by atoms with Crippen molar-refractivity contribution in [2.45, 2.75) is 13.3 Å². The summed E-state index contributed by atoms with van der Waals surface area (Å²) >= 11 is 2.77. The van der Waals surface area contributed by atoms with Crippen molar-refractivity contribution in [1.29, 1.82) is 0 Å². The van der Waals surface area contributed by atoms with Crippen LogP contribution in [-0.2, 0) is 11.2 Å². The van der Waals surface area contributed by atoms with E-state index in [4.69, 9.17) is 4.74 Å². The van der Waals surface area contributed by atoms with Crippen LogP contribution in [0, 0.1) is 0 Å². The van der Waals surface area contributed by atoms with Gasteiger partial charge >= 0.3 is 5.97 Å². The summed E-state index contributed by atoms with van der Waals surface area (Å²) in [7, 11) is 0. The predicted molar refractivity (Wildman–Crippen MR) is 107 cm³/mol. The molecule has 1 aromatic carbocycles. The first-order valence-electron chi connectivity index (χ1n) is 8.30. The maximum Gasteiger partial charge on any atom is 0.338 e. The van der Waals surface area contributed by atoms with Gasteiger partial charge in [0.2, 0.25) is 5.78 Å². The molecule has 0 aliphatic heterocycles. The van der Waals surface area contributed by atoms with E-state index in [-0.39, 0.29) is 18.3 Å². The number of carbonyl (C=O) groups is 3. The number of nitrogens with one attached hydrogen (secondary N) is 1. The SMILES string of the molecule is CCc1ccc(C(=O)COC(=O)c2ccc(NC(=O)c3cccs3)cc2)s1. The molecule has 2 aromatic heterocycles. The van der Waals surface area contributed by atoms with Crippen LogP contribution in [0.4, 0.5) is 5.69 Å². The summed E-state index contributed by atoms with van der Waals surface area (Å²) in [6, 6.07) is 13.6. The van der Waals surface area contributed by atoms with Gasteiger partial charge < -0.3 is 10.1 Å². The molecule has 0 saturated carbocycles. The average molecular weight is 399 g/mol. The lowest BCUT2D eigenvalue weighted by Gasteiger charge is -2.06. The highest BCUT2D eigenvalue weighted by atomic mass is 32.1. The van der Waals surface area contributed by atoms with Gasteiger partial charge in [-0.05, 0) is 54.3 Å². The van der Waals surface area contributed by atoms with Crippen molar-refractivity contribution in [3.05, 3.63) is 74.1 Å². The molecule has 0 atom stereocenters. The Morgan fingerprint density at radius 1 is 1.00 bits per heavy atom. The van der Waals surface area contributed by atoms with Gasteiger partial charge in [-0.2, -0.15) is 0 Å². The summed E-state index contributed by atoms with van der Waals surface area (Å²) < 4.78 is 5.10. The van der Waals surface area contributed by atoms with Gasteiger partial charge in [0.25, 0.3) is 5.91 Å². The van der Waals surface area contributed by atoms with Gasteiger partial charge in [-0.1, -0.05) is 13.0 Å². The van der Waals surface area contributed by atoms with Crippen molar-refractivity contribution >= 4 is 46.0 Å². The predicted octanol–water partition coefficient (Wildman–Crippen LogP) is 4.66. The molecule has 0 aliphatic carbocycles. The first-order chi connectivity index (χ1) is 13.1.